The van der Waals surface area contributed by atoms with Gasteiger partial charge in [-0.15, -0.1) is 0 Å². The van der Waals surface area contributed by atoms with E-state index in [0.717, 1.165) is 44.7 Å². The van der Waals surface area contributed by atoms with Crippen molar-refractivity contribution in [2.24, 2.45) is 13.0 Å². The molecule has 1 atom stereocenters. The zero-order chi connectivity index (χ0) is 27.3. The molecule has 9 nitrogen and oxygen atoms in total. The first kappa shape index (κ1) is 24.3. The second-order valence-corrected chi connectivity index (χ2v) is 9.80. The highest BCUT2D eigenvalue weighted by Gasteiger charge is 2.31. The Hall–Kier alpha value is -5.05. The smallest absolute Gasteiger partial charge is 0.321 e. The van der Waals surface area contributed by atoms with Crippen LogP contribution in [0.1, 0.15) is 12.5 Å². The van der Waals surface area contributed by atoms with E-state index in [4.69, 9.17) is 10.5 Å². The molecule has 9 heteroatoms. The van der Waals surface area contributed by atoms with Crippen molar-refractivity contribution >= 4 is 28.4 Å². The summed E-state index contributed by atoms with van der Waals surface area (Å²) in [6.07, 6.45) is 4.90. The lowest BCUT2D eigenvalue weighted by Gasteiger charge is -2.17. The average molecular weight is 518 g/mol. The Morgan fingerprint density at radius 3 is 2.28 bits per heavy atom. The van der Waals surface area contributed by atoms with E-state index in [1.165, 1.54) is 6.33 Å². The molecule has 0 radical (unpaired) electrons. The van der Waals surface area contributed by atoms with Crippen molar-refractivity contribution in [1.82, 2.24) is 24.5 Å². The second kappa shape index (κ2) is 9.36. The molecule has 0 spiro atoms. The first-order valence-corrected chi connectivity index (χ1v) is 12.6. The van der Waals surface area contributed by atoms with E-state index in [1.807, 2.05) is 74.0 Å². The van der Waals surface area contributed by atoms with E-state index < -0.39 is 0 Å². The number of hydrogen-bond donors (Lipinski definition) is 1. The van der Waals surface area contributed by atoms with Gasteiger partial charge in [-0.25, -0.2) is 19.9 Å². The largest absolute Gasteiger partial charge is 0.424 e. The molecular formula is C30H27N7O2. The molecule has 1 aliphatic rings. The van der Waals surface area contributed by atoms with E-state index in [9.17, 15) is 4.79 Å². The van der Waals surface area contributed by atoms with Gasteiger partial charge in [0.25, 0.3) is 5.91 Å². The zero-order valence-corrected chi connectivity index (χ0v) is 21.9. The molecule has 4 heterocycles. The van der Waals surface area contributed by atoms with Crippen LogP contribution in [0.4, 0.5) is 11.5 Å². The first-order valence-electron chi connectivity index (χ1n) is 12.6. The Morgan fingerprint density at radius 1 is 0.974 bits per heavy atom. The maximum absolute atomic E-state index is 12.7. The molecule has 2 N–H and O–H groups in total. The number of ether oxygens (including phenoxy) is 1. The minimum atomic E-state index is -0.0260. The standard InChI is InChI=1S/C30H27N7O2/c1-17-13-32-30(33-14-17)39-23-11-7-20(8-12-23)24-25-27(31)34-16-35-28(25)36(4)26(24)21-5-9-22(10-6-21)37-15-18(2)19(3)29(37)38/h5-14,16,18H,3,15H2,1-2,4H3,(H2,31,34,35)/t18-/m1/s1. The number of amides is 1. The van der Waals surface area contributed by atoms with Gasteiger partial charge in [0.1, 0.15) is 23.5 Å². The monoisotopic (exact) mass is 517 g/mol. The van der Waals surface area contributed by atoms with E-state index in [2.05, 4.69) is 26.5 Å². The molecule has 39 heavy (non-hydrogen) atoms. The summed E-state index contributed by atoms with van der Waals surface area (Å²) >= 11 is 0. The second-order valence-electron chi connectivity index (χ2n) is 9.80. The number of carbonyl (C=O) groups excluding carboxylic acids is 1. The molecule has 5 aromatic rings. The number of hydrogen-bond acceptors (Lipinski definition) is 7. The van der Waals surface area contributed by atoms with Gasteiger partial charge in [-0.2, -0.15) is 0 Å². The molecule has 3 aromatic heterocycles. The van der Waals surface area contributed by atoms with E-state index in [-0.39, 0.29) is 17.8 Å². The number of rotatable bonds is 5. The minimum Gasteiger partial charge on any atom is -0.424 e. The van der Waals surface area contributed by atoms with Crippen molar-refractivity contribution in [2.75, 3.05) is 17.2 Å². The van der Waals surface area contributed by atoms with Crippen molar-refractivity contribution in [2.45, 2.75) is 13.8 Å². The van der Waals surface area contributed by atoms with Crippen molar-refractivity contribution in [3.05, 3.63) is 85.0 Å². The summed E-state index contributed by atoms with van der Waals surface area (Å²) < 4.78 is 7.85. The molecule has 1 fully saturated rings. The minimum absolute atomic E-state index is 0.0260. The first-order chi connectivity index (χ1) is 18.8. The molecule has 194 valence electrons. The normalized spacial score (nSPS) is 15.4. The van der Waals surface area contributed by atoms with Gasteiger partial charge < -0.3 is 19.9 Å². The van der Waals surface area contributed by atoms with Gasteiger partial charge in [0, 0.05) is 48.7 Å². The summed E-state index contributed by atoms with van der Waals surface area (Å²) in [4.78, 5) is 31.7. The number of carbonyl (C=O) groups is 1. The number of nitrogens with two attached hydrogens (primary N) is 1. The number of benzene rings is 2. The third-order valence-corrected chi connectivity index (χ3v) is 7.13. The van der Waals surface area contributed by atoms with Crippen LogP contribution in [0.5, 0.6) is 11.8 Å². The third kappa shape index (κ3) is 4.17. The zero-order valence-electron chi connectivity index (χ0n) is 21.9. The topological polar surface area (TPSA) is 112 Å². The van der Waals surface area contributed by atoms with Crippen LogP contribution >= 0.6 is 0 Å². The van der Waals surface area contributed by atoms with Crippen LogP contribution in [0.25, 0.3) is 33.4 Å². The van der Waals surface area contributed by atoms with Gasteiger partial charge in [0.15, 0.2) is 0 Å². The Bertz CT molecular complexity index is 1720. The van der Waals surface area contributed by atoms with Crippen LogP contribution in [0, 0.1) is 12.8 Å². The fourth-order valence-electron chi connectivity index (χ4n) is 5.00. The van der Waals surface area contributed by atoms with Crippen LogP contribution in [-0.2, 0) is 11.8 Å². The Balaban J connectivity index is 1.41. The maximum Gasteiger partial charge on any atom is 0.321 e. The number of fused-ring (bicyclic) bond motifs is 1. The predicted molar refractivity (Wildman–Crippen MR) is 151 cm³/mol. The summed E-state index contributed by atoms with van der Waals surface area (Å²) in [6, 6.07) is 15.9. The summed E-state index contributed by atoms with van der Waals surface area (Å²) in [5, 5.41) is 0.773. The number of anilines is 2. The van der Waals surface area contributed by atoms with Gasteiger partial charge in [-0.3, -0.25) is 4.79 Å². The highest BCUT2D eigenvalue weighted by molar-refractivity contribution is 6.09. The fraction of sp³-hybridized carbons (Fsp3) is 0.167. The fourth-order valence-corrected chi connectivity index (χ4v) is 5.00. The van der Waals surface area contributed by atoms with E-state index >= 15 is 0 Å². The molecule has 0 saturated carbocycles. The van der Waals surface area contributed by atoms with Crippen LogP contribution in [-0.4, -0.2) is 37.0 Å². The van der Waals surface area contributed by atoms with E-state index in [1.54, 1.807) is 17.3 Å². The number of nitrogen functional groups attached to an aromatic ring is 1. The van der Waals surface area contributed by atoms with Crippen molar-refractivity contribution in [3.8, 4) is 34.1 Å². The molecule has 1 amide bonds. The van der Waals surface area contributed by atoms with Crippen LogP contribution in [0.3, 0.4) is 0 Å². The summed E-state index contributed by atoms with van der Waals surface area (Å²) in [6.45, 7) is 8.52. The summed E-state index contributed by atoms with van der Waals surface area (Å²) in [5.41, 5.74) is 13.3. The predicted octanol–water partition coefficient (Wildman–Crippen LogP) is 5.31. The van der Waals surface area contributed by atoms with Gasteiger partial charge in [-0.1, -0.05) is 37.8 Å². The summed E-state index contributed by atoms with van der Waals surface area (Å²) in [5.74, 6) is 1.12. The molecule has 6 rings (SSSR count). The van der Waals surface area contributed by atoms with Gasteiger partial charge in [0.05, 0.1) is 11.1 Å². The van der Waals surface area contributed by atoms with Gasteiger partial charge in [0.2, 0.25) is 0 Å². The lowest BCUT2D eigenvalue weighted by atomic mass is 9.98. The number of aryl methyl sites for hydroxylation is 2. The quantitative estimate of drug-likeness (QED) is 0.314. The Kier molecular flexibility index (Phi) is 5.83. The molecule has 1 aliphatic heterocycles. The number of nitrogens with zero attached hydrogens (tertiary/aromatic N) is 6. The third-order valence-electron chi connectivity index (χ3n) is 7.13. The van der Waals surface area contributed by atoms with Crippen LogP contribution < -0.4 is 15.4 Å². The maximum atomic E-state index is 12.7. The van der Waals surface area contributed by atoms with Gasteiger partial charge >= 0.3 is 6.01 Å². The van der Waals surface area contributed by atoms with Gasteiger partial charge in [-0.05, 0) is 47.9 Å². The lowest BCUT2D eigenvalue weighted by molar-refractivity contribution is -0.114. The highest BCUT2D eigenvalue weighted by Crippen LogP contribution is 2.42. The summed E-state index contributed by atoms with van der Waals surface area (Å²) in [7, 11) is 1.96. The van der Waals surface area contributed by atoms with Crippen molar-refractivity contribution in [3.63, 3.8) is 0 Å². The molecule has 0 aliphatic carbocycles. The highest BCUT2D eigenvalue weighted by atomic mass is 16.5. The molecule has 0 bridgehead atoms. The SMILES string of the molecule is C=C1C(=O)N(c2ccc(-c3c(-c4ccc(Oc5ncc(C)cn5)cc4)c4c(N)ncnc4n3C)cc2)C[C@H]1C. The number of aromatic nitrogens is 5. The van der Waals surface area contributed by atoms with Crippen molar-refractivity contribution < 1.29 is 9.53 Å². The Morgan fingerprint density at radius 2 is 1.64 bits per heavy atom. The van der Waals surface area contributed by atoms with Crippen LogP contribution in [0.2, 0.25) is 0 Å². The molecule has 0 unspecified atom stereocenters. The van der Waals surface area contributed by atoms with Crippen LogP contribution in [0.15, 0.2) is 79.4 Å². The molecule has 2 aromatic carbocycles. The Labute approximate surface area is 225 Å². The molecular weight excluding hydrogens is 490 g/mol. The van der Waals surface area contributed by atoms with E-state index in [0.29, 0.717) is 23.7 Å². The average Bonchev–Trinajstić information content (AvgIpc) is 3.39. The molecule has 1 saturated heterocycles. The van der Waals surface area contributed by atoms with Crippen molar-refractivity contribution in [1.29, 1.82) is 0 Å². The lowest BCUT2D eigenvalue weighted by Crippen LogP contribution is -2.24.